The number of carboxylic acids is 1. The smallest absolute Gasteiger partial charge is 0.319 e. The molecule has 0 fully saturated rings. The van der Waals surface area contributed by atoms with Gasteiger partial charge in [0.1, 0.15) is 4.75 Å². The van der Waals surface area contributed by atoms with E-state index >= 15 is 0 Å². The molecule has 3 nitrogen and oxygen atoms in total. The van der Waals surface area contributed by atoms with Gasteiger partial charge in [-0.15, -0.1) is 11.8 Å². The van der Waals surface area contributed by atoms with Gasteiger partial charge in [-0.25, -0.2) is 0 Å². The van der Waals surface area contributed by atoms with Gasteiger partial charge in [0.25, 0.3) is 0 Å². The summed E-state index contributed by atoms with van der Waals surface area (Å²) in [5, 5.41) is 8.77. The first kappa shape index (κ1) is 11.8. The van der Waals surface area contributed by atoms with E-state index in [1.807, 2.05) is 6.92 Å². The lowest BCUT2D eigenvalue weighted by Gasteiger charge is -2.20. The molecule has 0 heterocycles. The highest BCUT2D eigenvalue weighted by Crippen LogP contribution is 2.25. The minimum Gasteiger partial charge on any atom is -0.480 e. The van der Waals surface area contributed by atoms with Gasteiger partial charge in [0.05, 0.1) is 6.10 Å². The maximum Gasteiger partial charge on any atom is 0.319 e. The van der Waals surface area contributed by atoms with Gasteiger partial charge < -0.3 is 9.84 Å². The summed E-state index contributed by atoms with van der Waals surface area (Å²) in [6.45, 7) is 5.32. The van der Waals surface area contributed by atoms with Gasteiger partial charge in [0.15, 0.2) is 0 Å². The molecule has 4 heteroatoms. The molecule has 1 atom stereocenters. The van der Waals surface area contributed by atoms with Crippen molar-refractivity contribution < 1.29 is 14.6 Å². The second kappa shape index (κ2) is 4.72. The van der Waals surface area contributed by atoms with Crippen molar-refractivity contribution in [3.8, 4) is 0 Å². The molecular formula is C8H16O3S. The predicted octanol–water partition coefficient (Wildman–Crippen LogP) is 1.62. The van der Waals surface area contributed by atoms with E-state index in [2.05, 4.69) is 0 Å². The molecule has 12 heavy (non-hydrogen) atoms. The molecule has 0 aliphatic heterocycles. The normalized spacial score (nSPS) is 14.3. The van der Waals surface area contributed by atoms with Crippen molar-refractivity contribution in [1.82, 2.24) is 0 Å². The van der Waals surface area contributed by atoms with Crippen molar-refractivity contribution in [3.63, 3.8) is 0 Å². The molecule has 0 amide bonds. The SMILES string of the molecule is COC(C)CSC(C)(C)C(=O)O. The standard InChI is InChI=1S/C8H16O3S/c1-6(11-4)5-12-8(2,3)7(9)10/h6H,5H2,1-4H3,(H,9,10). The average Bonchev–Trinajstić information content (AvgIpc) is 2.00. The first-order valence-electron chi connectivity index (χ1n) is 3.80. The number of aliphatic carboxylic acids is 1. The van der Waals surface area contributed by atoms with Crippen LogP contribution in [-0.4, -0.2) is 34.8 Å². The lowest BCUT2D eigenvalue weighted by molar-refractivity contribution is -0.138. The Hall–Kier alpha value is -0.220. The molecule has 1 N–H and O–H groups in total. The van der Waals surface area contributed by atoms with Gasteiger partial charge in [-0.2, -0.15) is 0 Å². The van der Waals surface area contributed by atoms with Crippen LogP contribution in [0.3, 0.4) is 0 Å². The zero-order valence-electron chi connectivity index (χ0n) is 7.96. The van der Waals surface area contributed by atoms with E-state index in [1.165, 1.54) is 11.8 Å². The van der Waals surface area contributed by atoms with Gasteiger partial charge in [0, 0.05) is 12.9 Å². The Morgan fingerprint density at radius 2 is 2.17 bits per heavy atom. The van der Waals surface area contributed by atoms with Gasteiger partial charge in [-0.3, -0.25) is 4.79 Å². The number of ether oxygens (including phenoxy) is 1. The van der Waals surface area contributed by atoms with E-state index in [1.54, 1.807) is 21.0 Å². The summed E-state index contributed by atoms with van der Waals surface area (Å²) < 4.78 is 4.30. The first-order chi connectivity index (χ1) is 5.40. The summed E-state index contributed by atoms with van der Waals surface area (Å²) >= 11 is 1.39. The summed E-state index contributed by atoms with van der Waals surface area (Å²) in [6.07, 6.45) is 0.105. The van der Waals surface area contributed by atoms with Crippen LogP contribution in [0.1, 0.15) is 20.8 Å². The lowest BCUT2D eigenvalue weighted by Crippen LogP contribution is -2.29. The summed E-state index contributed by atoms with van der Waals surface area (Å²) in [7, 11) is 1.62. The summed E-state index contributed by atoms with van der Waals surface area (Å²) in [5.74, 6) is -0.0775. The van der Waals surface area contributed by atoms with Gasteiger partial charge in [-0.1, -0.05) is 0 Å². The molecule has 0 aliphatic rings. The van der Waals surface area contributed by atoms with E-state index in [9.17, 15) is 4.79 Å². The number of rotatable bonds is 5. The third kappa shape index (κ3) is 3.97. The van der Waals surface area contributed by atoms with E-state index in [4.69, 9.17) is 9.84 Å². The Kier molecular flexibility index (Phi) is 4.63. The number of carboxylic acid groups (broad SMARTS) is 1. The topological polar surface area (TPSA) is 46.5 Å². The fraction of sp³-hybridized carbons (Fsp3) is 0.875. The van der Waals surface area contributed by atoms with Crippen LogP contribution in [0.25, 0.3) is 0 Å². The van der Waals surface area contributed by atoms with E-state index in [0.29, 0.717) is 5.75 Å². The summed E-state index contributed by atoms with van der Waals surface area (Å²) in [5.41, 5.74) is 0. The van der Waals surface area contributed by atoms with Crippen molar-refractivity contribution in [1.29, 1.82) is 0 Å². The molecule has 0 bridgehead atoms. The number of thioether (sulfide) groups is 1. The van der Waals surface area contributed by atoms with Crippen molar-refractivity contribution in [2.45, 2.75) is 31.6 Å². The van der Waals surface area contributed by atoms with Gasteiger partial charge in [-0.05, 0) is 20.8 Å². The lowest BCUT2D eigenvalue weighted by atomic mass is 10.2. The molecule has 0 rings (SSSR count). The van der Waals surface area contributed by atoms with Crippen LogP contribution in [0.5, 0.6) is 0 Å². The Balaban J connectivity index is 3.83. The zero-order valence-corrected chi connectivity index (χ0v) is 8.77. The number of carbonyl (C=O) groups is 1. The molecule has 0 aromatic carbocycles. The molecule has 0 radical (unpaired) electrons. The van der Waals surface area contributed by atoms with Crippen LogP contribution in [0, 0.1) is 0 Å². The molecular weight excluding hydrogens is 176 g/mol. The first-order valence-corrected chi connectivity index (χ1v) is 4.79. The molecule has 72 valence electrons. The van der Waals surface area contributed by atoms with Crippen LogP contribution in [0.15, 0.2) is 0 Å². The van der Waals surface area contributed by atoms with Gasteiger partial charge >= 0.3 is 5.97 Å². The zero-order chi connectivity index (χ0) is 9.78. The number of hydrogen-bond donors (Lipinski definition) is 1. The second-order valence-electron chi connectivity index (χ2n) is 3.17. The minimum atomic E-state index is -0.782. The monoisotopic (exact) mass is 192 g/mol. The Bertz CT molecular complexity index is 156. The Morgan fingerprint density at radius 3 is 2.50 bits per heavy atom. The van der Waals surface area contributed by atoms with Crippen LogP contribution >= 0.6 is 11.8 Å². The molecule has 0 aliphatic carbocycles. The van der Waals surface area contributed by atoms with Crippen molar-refractivity contribution in [2.24, 2.45) is 0 Å². The van der Waals surface area contributed by atoms with Crippen molar-refractivity contribution in [3.05, 3.63) is 0 Å². The fourth-order valence-corrected chi connectivity index (χ4v) is 1.37. The van der Waals surface area contributed by atoms with E-state index < -0.39 is 10.7 Å². The summed E-state index contributed by atoms with van der Waals surface area (Å²) in [6, 6.07) is 0. The highest BCUT2D eigenvalue weighted by Gasteiger charge is 2.27. The maximum atomic E-state index is 10.7. The minimum absolute atomic E-state index is 0.105. The van der Waals surface area contributed by atoms with Crippen molar-refractivity contribution >= 4 is 17.7 Å². The maximum absolute atomic E-state index is 10.7. The molecule has 0 saturated carbocycles. The quantitative estimate of drug-likeness (QED) is 0.719. The van der Waals surface area contributed by atoms with E-state index in [-0.39, 0.29) is 6.10 Å². The third-order valence-electron chi connectivity index (χ3n) is 1.60. The van der Waals surface area contributed by atoms with Gasteiger partial charge in [0.2, 0.25) is 0 Å². The highest BCUT2D eigenvalue weighted by molar-refractivity contribution is 8.01. The van der Waals surface area contributed by atoms with E-state index in [0.717, 1.165) is 0 Å². The molecule has 1 unspecified atom stereocenters. The molecule has 0 saturated heterocycles. The highest BCUT2D eigenvalue weighted by atomic mass is 32.2. The summed E-state index contributed by atoms with van der Waals surface area (Å²) in [4.78, 5) is 10.7. The predicted molar refractivity (Wildman–Crippen MR) is 50.6 cm³/mol. The van der Waals surface area contributed by atoms with Crippen LogP contribution in [0.4, 0.5) is 0 Å². The fourth-order valence-electron chi connectivity index (χ4n) is 0.455. The number of methoxy groups -OCH3 is 1. The van der Waals surface area contributed by atoms with Crippen LogP contribution in [-0.2, 0) is 9.53 Å². The Labute approximate surface area is 77.5 Å². The molecule has 0 spiro atoms. The Morgan fingerprint density at radius 1 is 1.67 bits per heavy atom. The second-order valence-corrected chi connectivity index (χ2v) is 4.82. The molecule has 0 aromatic heterocycles. The van der Waals surface area contributed by atoms with Crippen LogP contribution < -0.4 is 0 Å². The third-order valence-corrected chi connectivity index (χ3v) is 3.13. The van der Waals surface area contributed by atoms with Crippen LogP contribution in [0.2, 0.25) is 0 Å². The average molecular weight is 192 g/mol. The number of hydrogen-bond acceptors (Lipinski definition) is 3. The molecule has 0 aromatic rings. The largest absolute Gasteiger partial charge is 0.480 e. The van der Waals surface area contributed by atoms with Crippen molar-refractivity contribution in [2.75, 3.05) is 12.9 Å².